The van der Waals surface area contributed by atoms with E-state index in [9.17, 15) is 0 Å². The molecule has 2 N–H and O–H groups in total. The molecule has 1 unspecified atom stereocenters. The Balaban J connectivity index is 3.02. The molecule has 1 atom stereocenters. The molecule has 0 bridgehead atoms. The molecule has 0 spiro atoms. The van der Waals surface area contributed by atoms with Crippen LogP contribution in [-0.2, 0) is 0 Å². The summed E-state index contributed by atoms with van der Waals surface area (Å²) in [7, 11) is 0. The van der Waals surface area contributed by atoms with Gasteiger partial charge in [0.2, 0.25) is 0 Å². The van der Waals surface area contributed by atoms with Crippen LogP contribution in [0.5, 0.6) is 0 Å². The third kappa shape index (κ3) is 4.14. The Kier molecular flexibility index (Phi) is 5.09. The zero-order chi connectivity index (χ0) is 6.41. The van der Waals surface area contributed by atoms with E-state index in [4.69, 9.17) is 11.0 Å². The van der Waals surface area contributed by atoms with Crippen molar-refractivity contribution in [3.63, 3.8) is 0 Å². The molecular formula is C5H10N2Se. The minimum absolute atomic E-state index is 0.225. The number of hydrogen-bond acceptors (Lipinski definition) is 2. The van der Waals surface area contributed by atoms with Crippen molar-refractivity contribution in [2.24, 2.45) is 5.73 Å². The van der Waals surface area contributed by atoms with Crippen molar-refractivity contribution in [1.29, 1.82) is 5.26 Å². The van der Waals surface area contributed by atoms with E-state index in [1.165, 1.54) is 0 Å². The van der Waals surface area contributed by atoms with Gasteiger partial charge in [-0.25, -0.2) is 0 Å². The molecule has 0 amide bonds. The number of nitrogens with two attached hydrogens (primary N) is 1. The second-order valence-corrected chi connectivity index (χ2v) is 3.58. The van der Waals surface area contributed by atoms with Crippen LogP contribution < -0.4 is 5.73 Å². The maximum atomic E-state index is 8.19. The number of rotatable bonds is 3. The van der Waals surface area contributed by atoms with E-state index >= 15 is 0 Å². The monoisotopic (exact) mass is 178 g/mol. The molecule has 2 nitrogen and oxygen atoms in total. The molecule has 0 aliphatic rings. The van der Waals surface area contributed by atoms with Crippen molar-refractivity contribution in [3.05, 3.63) is 0 Å². The van der Waals surface area contributed by atoms with Gasteiger partial charge < -0.3 is 0 Å². The van der Waals surface area contributed by atoms with Gasteiger partial charge in [-0.15, -0.1) is 0 Å². The molecule has 0 aromatic heterocycles. The van der Waals surface area contributed by atoms with Gasteiger partial charge >= 0.3 is 55.6 Å². The first-order valence-corrected chi connectivity index (χ1v) is 5.38. The van der Waals surface area contributed by atoms with E-state index < -0.39 is 0 Å². The fraction of sp³-hybridized carbons (Fsp3) is 0.800. The van der Waals surface area contributed by atoms with Gasteiger partial charge in [0, 0.05) is 0 Å². The topological polar surface area (TPSA) is 49.8 Å². The zero-order valence-electron chi connectivity index (χ0n) is 4.92. The Labute approximate surface area is 56.2 Å². The van der Waals surface area contributed by atoms with Crippen LogP contribution in [0, 0.1) is 11.3 Å². The molecule has 0 aliphatic carbocycles. The summed E-state index contributed by atoms with van der Waals surface area (Å²) in [6.07, 6.45) is 0.868. The average Bonchev–Trinajstić information content (AvgIpc) is 1.83. The molecule has 0 rings (SSSR count). The molecule has 0 heterocycles. The summed E-state index contributed by atoms with van der Waals surface area (Å²) in [4.78, 5) is 0. The third-order valence-corrected chi connectivity index (χ3v) is 2.15. The predicted octanol–water partition coefficient (Wildman–Crippen LogP) is 0.398. The van der Waals surface area contributed by atoms with Crippen molar-refractivity contribution >= 4 is 15.0 Å². The standard InChI is InChI=1S/C5H10N2Se/c1-8-3-2-5(7)4-6/h5H,2-3,7H2,1H3. The molecule has 0 radical (unpaired) electrons. The Morgan fingerprint density at radius 2 is 2.50 bits per heavy atom. The van der Waals surface area contributed by atoms with Crippen molar-refractivity contribution in [2.45, 2.75) is 23.6 Å². The van der Waals surface area contributed by atoms with Crippen molar-refractivity contribution < 1.29 is 0 Å². The maximum absolute atomic E-state index is 8.19. The van der Waals surface area contributed by atoms with E-state index in [0.29, 0.717) is 15.0 Å². The van der Waals surface area contributed by atoms with Crippen LogP contribution in [0.3, 0.4) is 0 Å². The molecule has 0 aromatic carbocycles. The van der Waals surface area contributed by atoms with Gasteiger partial charge in [0.05, 0.1) is 0 Å². The van der Waals surface area contributed by atoms with Crippen molar-refractivity contribution in [2.75, 3.05) is 0 Å². The Bertz CT molecular complexity index is 86.9. The molecule has 3 heteroatoms. The SMILES string of the molecule is C[Se]CCC(N)C#N. The predicted molar refractivity (Wildman–Crippen MR) is 34.6 cm³/mol. The second-order valence-electron chi connectivity index (χ2n) is 1.52. The van der Waals surface area contributed by atoms with Crippen LogP contribution in [0.1, 0.15) is 6.42 Å². The van der Waals surface area contributed by atoms with E-state index in [2.05, 4.69) is 5.82 Å². The van der Waals surface area contributed by atoms with E-state index in [1.54, 1.807) is 0 Å². The van der Waals surface area contributed by atoms with Gasteiger partial charge in [-0.3, -0.25) is 0 Å². The average molecular weight is 177 g/mol. The fourth-order valence-electron chi connectivity index (χ4n) is 0.309. The van der Waals surface area contributed by atoms with Crippen LogP contribution >= 0.6 is 0 Å². The van der Waals surface area contributed by atoms with E-state index in [-0.39, 0.29) is 6.04 Å². The summed E-state index contributed by atoms with van der Waals surface area (Å²) in [5.74, 6) is 2.15. The number of hydrogen-bond donors (Lipinski definition) is 1. The van der Waals surface area contributed by atoms with Crippen LogP contribution in [0.2, 0.25) is 11.1 Å². The first kappa shape index (κ1) is 7.97. The first-order chi connectivity index (χ1) is 3.81. The van der Waals surface area contributed by atoms with Crippen molar-refractivity contribution in [1.82, 2.24) is 0 Å². The Morgan fingerprint density at radius 1 is 1.88 bits per heavy atom. The quantitative estimate of drug-likeness (QED) is 0.634. The molecule has 0 aromatic rings. The summed E-state index contributed by atoms with van der Waals surface area (Å²) >= 11 is 0.675. The van der Waals surface area contributed by atoms with Gasteiger partial charge in [-0.05, 0) is 0 Å². The van der Waals surface area contributed by atoms with Crippen LogP contribution in [-0.4, -0.2) is 21.0 Å². The van der Waals surface area contributed by atoms with Gasteiger partial charge in [-0.2, -0.15) is 0 Å². The zero-order valence-corrected chi connectivity index (χ0v) is 6.64. The van der Waals surface area contributed by atoms with Gasteiger partial charge in [-0.1, -0.05) is 0 Å². The Hall–Kier alpha value is -0.0305. The van der Waals surface area contributed by atoms with Gasteiger partial charge in [0.1, 0.15) is 0 Å². The normalized spacial score (nSPS) is 12.6. The molecule has 0 fully saturated rings. The molecule has 0 saturated heterocycles. The van der Waals surface area contributed by atoms with Crippen molar-refractivity contribution in [3.8, 4) is 6.07 Å². The van der Waals surface area contributed by atoms with E-state index in [1.807, 2.05) is 6.07 Å². The number of nitrogens with zero attached hydrogens (tertiary/aromatic N) is 1. The molecule has 0 saturated carbocycles. The summed E-state index contributed by atoms with van der Waals surface area (Å²) in [5.41, 5.74) is 5.31. The fourth-order valence-corrected chi connectivity index (χ4v) is 1.34. The van der Waals surface area contributed by atoms with E-state index in [0.717, 1.165) is 11.7 Å². The van der Waals surface area contributed by atoms with Gasteiger partial charge in [0.15, 0.2) is 0 Å². The first-order valence-electron chi connectivity index (χ1n) is 2.45. The Morgan fingerprint density at radius 3 is 2.88 bits per heavy atom. The molecule has 46 valence electrons. The number of nitriles is 1. The summed E-state index contributed by atoms with van der Waals surface area (Å²) in [5, 5.41) is 9.32. The van der Waals surface area contributed by atoms with Crippen LogP contribution in [0.25, 0.3) is 0 Å². The summed E-state index contributed by atoms with van der Waals surface area (Å²) in [6.45, 7) is 0. The van der Waals surface area contributed by atoms with Gasteiger partial charge in [0.25, 0.3) is 0 Å². The molecule has 0 aliphatic heterocycles. The third-order valence-electron chi connectivity index (χ3n) is 0.799. The molecular weight excluding hydrogens is 167 g/mol. The van der Waals surface area contributed by atoms with Crippen LogP contribution in [0.15, 0.2) is 0 Å². The molecule has 8 heavy (non-hydrogen) atoms. The summed E-state index contributed by atoms with van der Waals surface area (Å²) in [6, 6.07) is 1.76. The second kappa shape index (κ2) is 5.11. The minimum atomic E-state index is -0.225. The van der Waals surface area contributed by atoms with Crippen LogP contribution in [0.4, 0.5) is 0 Å². The summed E-state index contributed by atoms with van der Waals surface area (Å²) < 4.78 is 0.